The minimum absolute atomic E-state index is 0.107. The molecule has 0 bridgehead atoms. The second kappa shape index (κ2) is 5.70. The van der Waals surface area contributed by atoms with Crippen LogP contribution in [0.25, 0.3) is 0 Å². The van der Waals surface area contributed by atoms with Crippen LogP contribution in [-0.4, -0.2) is 27.0 Å². The number of carbonyl (C=O) groups is 2. The van der Waals surface area contributed by atoms with Crippen LogP contribution in [0.1, 0.15) is 37.9 Å². The van der Waals surface area contributed by atoms with E-state index in [1.807, 2.05) is 6.92 Å². The first-order valence-corrected chi connectivity index (χ1v) is 6.35. The average Bonchev–Trinajstić information content (AvgIpc) is 2.43. The Hall–Kier alpha value is -2.76. The molecule has 21 heavy (non-hydrogen) atoms. The molecule has 0 aliphatic carbocycles. The number of carboxylic acids is 1. The van der Waals surface area contributed by atoms with E-state index >= 15 is 0 Å². The van der Waals surface area contributed by atoms with Gasteiger partial charge in [-0.15, -0.1) is 0 Å². The molecule has 2 aromatic rings. The summed E-state index contributed by atoms with van der Waals surface area (Å²) < 4.78 is 0. The molecule has 2 N–H and O–H groups in total. The Morgan fingerprint density at radius 2 is 1.71 bits per heavy atom. The van der Waals surface area contributed by atoms with Gasteiger partial charge < -0.3 is 10.4 Å². The minimum Gasteiger partial charge on any atom is -0.478 e. The molecule has 0 aliphatic rings. The number of benzene rings is 1. The highest BCUT2D eigenvalue weighted by molar-refractivity contribution is 6.04. The first-order valence-electron chi connectivity index (χ1n) is 6.35. The lowest BCUT2D eigenvalue weighted by atomic mass is 10.2. The predicted molar refractivity (Wildman–Crippen MR) is 77.6 cm³/mol. The number of nitrogens with one attached hydrogen (secondary N) is 1. The fourth-order valence-corrected chi connectivity index (χ4v) is 1.85. The van der Waals surface area contributed by atoms with E-state index in [1.54, 1.807) is 26.0 Å². The molecule has 1 aromatic carbocycles. The molecule has 108 valence electrons. The number of anilines is 1. The highest BCUT2D eigenvalue weighted by Crippen LogP contribution is 2.13. The van der Waals surface area contributed by atoms with Gasteiger partial charge in [-0.25, -0.2) is 9.78 Å². The van der Waals surface area contributed by atoms with Gasteiger partial charge in [-0.05, 0) is 39.0 Å². The summed E-state index contributed by atoms with van der Waals surface area (Å²) in [5.74, 6) is -1.46. The predicted octanol–water partition coefficient (Wildman–Crippen LogP) is 2.35. The second-order valence-electron chi connectivity index (χ2n) is 4.67. The van der Waals surface area contributed by atoms with Gasteiger partial charge in [0.05, 0.1) is 22.6 Å². The van der Waals surface area contributed by atoms with E-state index in [4.69, 9.17) is 5.11 Å². The van der Waals surface area contributed by atoms with Crippen molar-refractivity contribution in [1.82, 2.24) is 9.97 Å². The van der Waals surface area contributed by atoms with Crippen LogP contribution in [0, 0.1) is 20.8 Å². The monoisotopic (exact) mass is 285 g/mol. The third-order valence-electron chi connectivity index (χ3n) is 3.06. The molecule has 0 spiro atoms. The van der Waals surface area contributed by atoms with Crippen molar-refractivity contribution in [2.75, 3.05) is 5.32 Å². The molecule has 2 rings (SSSR count). The smallest absolute Gasteiger partial charge is 0.335 e. The number of hydrogen-bond acceptors (Lipinski definition) is 4. The number of aryl methyl sites for hydroxylation is 3. The maximum absolute atomic E-state index is 12.2. The van der Waals surface area contributed by atoms with E-state index in [2.05, 4.69) is 15.3 Å². The van der Waals surface area contributed by atoms with Crippen LogP contribution in [-0.2, 0) is 0 Å². The molecule has 0 atom stereocenters. The van der Waals surface area contributed by atoms with Crippen LogP contribution < -0.4 is 5.32 Å². The van der Waals surface area contributed by atoms with Gasteiger partial charge in [0.2, 0.25) is 0 Å². The van der Waals surface area contributed by atoms with E-state index in [-0.39, 0.29) is 11.3 Å². The van der Waals surface area contributed by atoms with Crippen molar-refractivity contribution in [2.24, 2.45) is 0 Å². The molecule has 1 amide bonds. The molecule has 0 aliphatic heterocycles. The molecule has 1 heterocycles. The zero-order valence-electron chi connectivity index (χ0n) is 12.0. The summed E-state index contributed by atoms with van der Waals surface area (Å²) in [5, 5.41) is 11.6. The van der Waals surface area contributed by atoms with Gasteiger partial charge in [0.25, 0.3) is 5.91 Å². The van der Waals surface area contributed by atoms with Crippen LogP contribution in [0.15, 0.2) is 24.3 Å². The SMILES string of the molecule is Cc1nc(C)c(C(=O)Nc2cccc(C(=O)O)c2)nc1C. The maximum Gasteiger partial charge on any atom is 0.335 e. The highest BCUT2D eigenvalue weighted by Gasteiger charge is 2.14. The lowest BCUT2D eigenvalue weighted by molar-refractivity contribution is 0.0696. The molecule has 6 nitrogen and oxygen atoms in total. The summed E-state index contributed by atoms with van der Waals surface area (Å²) in [6.07, 6.45) is 0. The van der Waals surface area contributed by atoms with Crippen molar-refractivity contribution in [1.29, 1.82) is 0 Å². The molecule has 0 saturated carbocycles. The van der Waals surface area contributed by atoms with E-state index in [9.17, 15) is 9.59 Å². The minimum atomic E-state index is -1.05. The topological polar surface area (TPSA) is 92.2 Å². The van der Waals surface area contributed by atoms with Crippen LogP contribution in [0.4, 0.5) is 5.69 Å². The Morgan fingerprint density at radius 1 is 1.05 bits per heavy atom. The molecule has 0 unspecified atom stereocenters. The lowest BCUT2D eigenvalue weighted by Gasteiger charge is -2.09. The Morgan fingerprint density at radius 3 is 2.38 bits per heavy atom. The van der Waals surface area contributed by atoms with Crippen LogP contribution in [0.3, 0.4) is 0 Å². The molecule has 0 saturated heterocycles. The lowest BCUT2D eigenvalue weighted by Crippen LogP contribution is -2.17. The van der Waals surface area contributed by atoms with E-state index in [0.29, 0.717) is 17.1 Å². The van der Waals surface area contributed by atoms with Crippen molar-refractivity contribution in [3.8, 4) is 0 Å². The van der Waals surface area contributed by atoms with Crippen molar-refractivity contribution in [2.45, 2.75) is 20.8 Å². The Kier molecular flexibility index (Phi) is 3.98. The van der Waals surface area contributed by atoms with Crippen LogP contribution in [0.2, 0.25) is 0 Å². The number of aromatic carboxylic acids is 1. The quantitative estimate of drug-likeness (QED) is 0.903. The van der Waals surface area contributed by atoms with Crippen molar-refractivity contribution in [3.63, 3.8) is 0 Å². The fraction of sp³-hybridized carbons (Fsp3) is 0.200. The summed E-state index contributed by atoms with van der Waals surface area (Å²) in [5.41, 5.74) is 2.74. The normalized spacial score (nSPS) is 10.2. The Balaban J connectivity index is 2.28. The number of rotatable bonds is 3. The van der Waals surface area contributed by atoms with Crippen molar-refractivity contribution >= 4 is 17.6 Å². The van der Waals surface area contributed by atoms with Gasteiger partial charge in [-0.2, -0.15) is 0 Å². The van der Waals surface area contributed by atoms with Gasteiger partial charge in [-0.3, -0.25) is 9.78 Å². The van der Waals surface area contributed by atoms with Gasteiger partial charge in [0, 0.05) is 5.69 Å². The summed E-state index contributed by atoms with van der Waals surface area (Å²) in [7, 11) is 0. The number of hydrogen-bond donors (Lipinski definition) is 2. The number of nitrogens with zero attached hydrogens (tertiary/aromatic N) is 2. The first-order chi connectivity index (χ1) is 9.88. The molecule has 6 heteroatoms. The third kappa shape index (κ3) is 3.22. The first kappa shape index (κ1) is 14.6. The standard InChI is InChI=1S/C15H15N3O3/c1-8-9(2)17-13(10(3)16-8)14(19)18-12-6-4-5-11(7-12)15(20)21/h4-7H,1-3H3,(H,18,19)(H,20,21). The summed E-state index contributed by atoms with van der Waals surface area (Å²) in [6.45, 7) is 5.32. The highest BCUT2D eigenvalue weighted by atomic mass is 16.4. The maximum atomic E-state index is 12.2. The number of amides is 1. The largest absolute Gasteiger partial charge is 0.478 e. The summed E-state index contributed by atoms with van der Waals surface area (Å²) in [4.78, 5) is 31.6. The molecule has 1 aromatic heterocycles. The van der Waals surface area contributed by atoms with Gasteiger partial charge in [0.15, 0.2) is 0 Å². The zero-order valence-corrected chi connectivity index (χ0v) is 12.0. The molecule has 0 radical (unpaired) electrons. The third-order valence-corrected chi connectivity index (χ3v) is 3.06. The number of carbonyl (C=O) groups excluding carboxylic acids is 1. The molecular weight excluding hydrogens is 270 g/mol. The number of aromatic nitrogens is 2. The van der Waals surface area contributed by atoms with Crippen LogP contribution in [0.5, 0.6) is 0 Å². The fourth-order valence-electron chi connectivity index (χ4n) is 1.85. The number of carboxylic acid groups (broad SMARTS) is 1. The summed E-state index contributed by atoms with van der Waals surface area (Å²) >= 11 is 0. The summed E-state index contributed by atoms with van der Waals surface area (Å²) in [6, 6.07) is 6.04. The van der Waals surface area contributed by atoms with Gasteiger partial charge >= 0.3 is 5.97 Å². The van der Waals surface area contributed by atoms with Crippen LogP contribution >= 0.6 is 0 Å². The zero-order chi connectivity index (χ0) is 15.6. The molecule has 0 fully saturated rings. The van der Waals surface area contributed by atoms with Crippen molar-refractivity contribution in [3.05, 3.63) is 52.6 Å². The van der Waals surface area contributed by atoms with E-state index in [1.165, 1.54) is 12.1 Å². The second-order valence-corrected chi connectivity index (χ2v) is 4.67. The van der Waals surface area contributed by atoms with E-state index < -0.39 is 11.9 Å². The van der Waals surface area contributed by atoms with Crippen molar-refractivity contribution < 1.29 is 14.7 Å². The average molecular weight is 285 g/mol. The molecular formula is C15H15N3O3. The van der Waals surface area contributed by atoms with Gasteiger partial charge in [0.1, 0.15) is 5.69 Å². The Labute approximate surface area is 121 Å². The van der Waals surface area contributed by atoms with Gasteiger partial charge in [-0.1, -0.05) is 6.07 Å². The van der Waals surface area contributed by atoms with E-state index in [0.717, 1.165) is 5.69 Å². The Bertz CT molecular complexity index is 726.